The van der Waals surface area contributed by atoms with Crippen molar-refractivity contribution < 1.29 is 4.79 Å². The Balaban J connectivity index is 1.76. The lowest BCUT2D eigenvalue weighted by Crippen LogP contribution is -2.13. The number of anilines is 1. The smallest absolute Gasteiger partial charge is 0.276 e. The first-order valence-electron chi connectivity index (χ1n) is 6.81. The largest absolute Gasteiger partial charge is 0.326 e. The molecule has 1 aromatic carbocycles. The van der Waals surface area contributed by atoms with Crippen molar-refractivity contribution in [2.24, 2.45) is 12.8 Å². The molecule has 104 valence electrons. The molecular weight excluding hydrogens is 252 g/mol. The van der Waals surface area contributed by atoms with Crippen molar-refractivity contribution in [2.45, 2.75) is 25.3 Å². The molecule has 20 heavy (non-hydrogen) atoms. The Morgan fingerprint density at radius 3 is 2.95 bits per heavy atom. The van der Waals surface area contributed by atoms with E-state index < -0.39 is 0 Å². The van der Waals surface area contributed by atoms with E-state index in [1.165, 1.54) is 12.8 Å². The highest BCUT2D eigenvalue weighted by Crippen LogP contribution is 2.39. The maximum atomic E-state index is 12.2. The highest BCUT2D eigenvalue weighted by atomic mass is 16.1. The lowest BCUT2D eigenvalue weighted by molar-refractivity contribution is 0.102. The van der Waals surface area contributed by atoms with Crippen LogP contribution in [0.1, 0.15) is 40.5 Å². The van der Waals surface area contributed by atoms with Crippen molar-refractivity contribution in [3.8, 4) is 0 Å². The molecule has 1 amide bonds. The summed E-state index contributed by atoms with van der Waals surface area (Å²) >= 11 is 0. The molecule has 0 bridgehead atoms. The number of aryl methyl sites for hydroxylation is 1. The van der Waals surface area contributed by atoms with Crippen LogP contribution in [0.25, 0.3) is 0 Å². The Hall–Kier alpha value is -2.14. The van der Waals surface area contributed by atoms with Crippen LogP contribution in [0, 0.1) is 0 Å². The predicted octanol–water partition coefficient (Wildman–Crippen LogP) is 2.01. The fourth-order valence-electron chi connectivity index (χ4n) is 2.33. The van der Waals surface area contributed by atoms with Gasteiger partial charge in [-0.1, -0.05) is 12.1 Å². The summed E-state index contributed by atoms with van der Waals surface area (Å²) in [6.07, 6.45) is 2.39. The average molecular weight is 270 g/mol. The van der Waals surface area contributed by atoms with Gasteiger partial charge in [0.25, 0.3) is 5.91 Å². The zero-order valence-electron chi connectivity index (χ0n) is 11.5. The normalized spacial score (nSPS) is 14.3. The van der Waals surface area contributed by atoms with Gasteiger partial charge in [-0.3, -0.25) is 9.48 Å². The average Bonchev–Trinajstić information content (AvgIpc) is 3.21. The fourth-order valence-corrected chi connectivity index (χ4v) is 2.33. The Kier molecular flexibility index (Phi) is 3.28. The molecule has 0 unspecified atom stereocenters. The number of hydrogen-bond donors (Lipinski definition) is 2. The van der Waals surface area contributed by atoms with Crippen LogP contribution in [0.15, 0.2) is 30.3 Å². The minimum Gasteiger partial charge on any atom is -0.326 e. The molecule has 2 aromatic rings. The number of carbonyl (C=O) groups is 1. The molecule has 0 aliphatic heterocycles. The van der Waals surface area contributed by atoms with Crippen LogP contribution in [0.4, 0.5) is 5.69 Å². The minimum atomic E-state index is -0.179. The second kappa shape index (κ2) is 5.09. The Labute approximate surface area is 117 Å². The molecule has 1 saturated carbocycles. The third kappa shape index (κ3) is 2.58. The van der Waals surface area contributed by atoms with Crippen LogP contribution in [0.2, 0.25) is 0 Å². The lowest BCUT2D eigenvalue weighted by atomic mass is 10.2. The van der Waals surface area contributed by atoms with E-state index in [0.717, 1.165) is 16.9 Å². The fraction of sp³-hybridized carbons (Fsp3) is 0.333. The van der Waals surface area contributed by atoms with E-state index >= 15 is 0 Å². The number of nitrogens with zero attached hydrogens (tertiary/aromatic N) is 2. The van der Waals surface area contributed by atoms with Gasteiger partial charge in [-0.05, 0) is 36.6 Å². The molecule has 1 aromatic heterocycles. The van der Waals surface area contributed by atoms with E-state index in [0.29, 0.717) is 18.2 Å². The number of amides is 1. The Morgan fingerprint density at radius 1 is 1.45 bits per heavy atom. The van der Waals surface area contributed by atoms with Gasteiger partial charge in [0.1, 0.15) is 0 Å². The first-order chi connectivity index (χ1) is 9.67. The van der Waals surface area contributed by atoms with Gasteiger partial charge in [-0.15, -0.1) is 0 Å². The molecule has 1 aliphatic rings. The van der Waals surface area contributed by atoms with E-state index in [1.807, 2.05) is 42.1 Å². The number of carbonyl (C=O) groups excluding carboxylic acids is 1. The molecule has 1 fully saturated rings. The first-order valence-corrected chi connectivity index (χ1v) is 6.81. The summed E-state index contributed by atoms with van der Waals surface area (Å²) in [5.41, 5.74) is 8.94. The topological polar surface area (TPSA) is 72.9 Å². The summed E-state index contributed by atoms with van der Waals surface area (Å²) in [5, 5.41) is 7.15. The molecule has 3 N–H and O–H groups in total. The minimum absolute atomic E-state index is 0.179. The Morgan fingerprint density at radius 2 is 2.25 bits per heavy atom. The SMILES string of the molecule is Cn1nc(C(=O)Nc2cccc(CN)c2)cc1C1CC1. The van der Waals surface area contributed by atoms with E-state index in [-0.39, 0.29) is 5.91 Å². The number of rotatable bonds is 4. The predicted molar refractivity (Wildman–Crippen MR) is 77.5 cm³/mol. The summed E-state index contributed by atoms with van der Waals surface area (Å²) in [4.78, 5) is 12.2. The van der Waals surface area contributed by atoms with Crippen LogP contribution in [0.3, 0.4) is 0 Å². The maximum Gasteiger partial charge on any atom is 0.276 e. The van der Waals surface area contributed by atoms with Crippen LogP contribution in [0.5, 0.6) is 0 Å². The zero-order chi connectivity index (χ0) is 14.1. The van der Waals surface area contributed by atoms with Crippen molar-refractivity contribution in [2.75, 3.05) is 5.32 Å². The highest BCUT2D eigenvalue weighted by molar-refractivity contribution is 6.03. The molecule has 5 nitrogen and oxygen atoms in total. The van der Waals surface area contributed by atoms with Crippen molar-refractivity contribution in [1.29, 1.82) is 0 Å². The molecule has 0 saturated heterocycles. The van der Waals surface area contributed by atoms with Crippen molar-refractivity contribution in [1.82, 2.24) is 9.78 Å². The van der Waals surface area contributed by atoms with Crippen molar-refractivity contribution in [3.05, 3.63) is 47.3 Å². The summed E-state index contributed by atoms with van der Waals surface area (Å²) < 4.78 is 1.81. The molecular formula is C15H18N4O. The second-order valence-corrected chi connectivity index (χ2v) is 5.21. The molecule has 0 radical (unpaired) electrons. The van der Waals surface area contributed by atoms with E-state index in [1.54, 1.807) is 0 Å². The molecule has 1 heterocycles. The molecule has 0 atom stereocenters. The highest BCUT2D eigenvalue weighted by Gasteiger charge is 2.28. The van der Waals surface area contributed by atoms with Gasteiger partial charge in [0.05, 0.1) is 0 Å². The number of hydrogen-bond acceptors (Lipinski definition) is 3. The van der Waals surface area contributed by atoms with Crippen molar-refractivity contribution in [3.63, 3.8) is 0 Å². The van der Waals surface area contributed by atoms with Crippen LogP contribution >= 0.6 is 0 Å². The number of aromatic nitrogens is 2. The lowest BCUT2D eigenvalue weighted by Gasteiger charge is -2.04. The second-order valence-electron chi connectivity index (χ2n) is 5.21. The standard InChI is InChI=1S/C15H18N4O/c1-19-14(11-5-6-11)8-13(18-19)15(20)17-12-4-2-3-10(7-12)9-16/h2-4,7-8,11H,5-6,9,16H2,1H3,(H,17,20). The maximum absolute atomic E-state index is 12.2. The third-order valence-corrected chi connectivity index (χ3v) is 3.56. The van der Waals surface area contributed by atoms with E-state index in [9.17, 15) is 4.79 Å². The third-order valence-electron chi connectivity index (χ3n) is 3.56. The first kappa shape index (κ1) is 12.9. The zero-order valence-corrected chi connectivity index (χ0v) is 11.5. The molecule has 0 spiro atoms. The summed E-state index contributed by atoms with van der Waals surface area (Å²) in [6, 6.07) is 9.43. The number of nitrogens with two attached hydrogens (primary N) is 1. The molecule has 5 heteroatoms. The monoisotopic (exact) mass is 270 g/mol. The van der Waals surface area contributed by atoms with Gasteiger partial charge < -0.3 is 11.1 Å². The van der Waals surface area contributed by atoms with Gasteiger partial charge in [0, 0.05) is 30.9 Å². The van der Waals surface area contributed by atoms with Crippen LogP contribution in [-0.4, -0.2) is 15.7 Å². The summed E-state index contributed by atoms with van der Waals surface area (Å²) in [7, 11) is 1.89. The van der Waals surface area contributed by atoms with Crippen LogP contribution < -0.4 is 11.1 Å². The molecule has 3 rings (SSSR count). The van der Waals surface area contributed by atoms with Gasteiger partial charge in [0.15, 0.2) is 5.69 Å². The number of nitrogens with one attached hydrogen (secondary N) is 1. The molecule has 1 aliphatic carbocycles. The van der Waals surface area contributed by atoms with Crippen molar-refractivity contribution >= 4 is 11.6 Å². The van der Waals surface area contributed by atoms with Gasteiger partial charge in [-0.2, -0.15) is 5.10 Å². The summed E-state index contributed by atoms with van der Waals surface area (Å²) in [6.45, 7) is 0.457. The van der Waals surface area contributed by atoms with Gasteiger partial charge in [0.2, 0.25) is 0 Å². The van der Waals surface area contributed by atoms with Gasteiger partial charge >= 0.3 is 0 Å². The summed E-state index contributed by atoms with van der Waals surface area (Å²) in [5.74, 6) is 0.399. The van der Waals surface area contributed by atoms with E-state index in [2.05, 4.69) is 10.4 Å². The van der Waals surface area contributed by atoms with Crippen LogP contribution in [-0.2, 0) is 13.6 Å². The Bertz CT molecular complexity index is 643. The van der Waals surface area contributed by atoms with Gasteiger partial charge in [-0.25, -0.2) is 0 Å². The quantitative estimate of drug-likeness (QED) is 0.892. The van der Waals surface area contributed by atoms with E-state index in [4.69, 9.17) is 5.73 Å². The number of benzene rings is 1.